The van der Waals surface area contributed by atoms with Crippen LogP contribution in [0.2, 0.25) is 45.8 Å². The molecule has 17 heavy (non-hydrogen) atoms. The van der Waals surface area contributed by atoms with Gasteiger partial charge in [0.1, 0.15) is 0 Å². The van der Waals surface area contributed by atoms with Gasteiger partial charge in [-0.2, -0.15) is 0 Å². The van der Waals surface area contributed by atoms with Crippen molar-refractivity contribution in [1.82, 2.24) is 0 Å². The van der Waals surface area contributed by atoms with Crippen LogP contribution in [0, 0.1) is 0 Å². The Morgan fingerprint density at radius 2 is 0.706 bits per heavy atom. The van der Waals surface area contributed by atoms with Gasteiger partial charge in [0.15, 0.2) is 0 Å². The molecule has 10 heteroatoms. The highest BCUT2D eigenvalue weighted by Gasteiger charge is 2.48. The average molecular weight is 317 g/mol. The lowest BCUT2D eigenvalue weighted by molar-refractivity contribution is 0.194. The van der Waals surface area contributed by atoms with Crippen LogP contribution in [0.5, 0.6) is 0 Å². The maximum absolute atomic E-state index is 9.81. The van der Waals surface area contributed by atoms with E-state index in [1.165, 1.54) is 0 Å². The molecule has 0 aliphatic heterocycles. The fourth-order valence-electron chi connectivity index (χ4n) is 1.42. The van der Waals surface area contributed by atoms with E-state index < -0.39 is 34.5 Å². The fourth-order valence-corrected chi connectivity index (χ4v) is 13.9. The first-order valence-electron chi connectivity index (χ1n) is 5.40. The van der Waals surface area contributed by atoms with Crippen molar-refractivity contribution in [3.05, 3.63) is 0 Å². The summed E-state index contributed by atoms with van der Waals surface area (Å²) in [4.78, 5) is 29.4. The summed E-state index contributed by atoms with van der Waals surface area (Å²) >= 11 is 0. The van der Waals surface area contributed by atoms with E-state index in [9.17, 15) is 14.4 Å². The summed E-state index contributed by atoms with van der Waals surface area (Å²) in [6, 6.07) is 0. The molecule has 104 valence electrons. The third-order valence-corrected chi connectivity index (χ3v) is 11.7. The normalized spacial score (nSPS) is 15.2. The van der Waals surface area contributed by atoms with E-state index in [-0.39, 0.29) is 0 Å². The van der Waals surface area contributed by atoms with Crippen LogP contribution in [0.25, 0.3) is 0 Å². The molecule has 0 rings (SSSR count). The van der Waals surface area contributed by atoms with Crippen LogP contribution in [-0.4, -0.2) is 48.9 Å². The third kappa shape index (κ3) is 10.3. The van der Waals surface area contributed by atoms with E-state index in [2.05, 4.69) is 0 Å². The van der Waals surface area contributed by atoms with E-state index in [0.29, 0.717) is 0 Å². The molecule has 0 aromatic heterocycles. The van der Waals surface area contributed by atoms with Gasteiger partial charge in [0.05, 0.1) is 0 Å². The van der Waals surface area contributed by atoms with Crippen molar-refractivity contribution in [3.63, 3.8) is 0 Å². The van der Waals surface area contributed by atoms with Gasteiger partial charge in [-0.25, -0.2) is 0 Å². The molecule has 0 saturated heterocycles. The quantitative estimate of drug-likeness (QED) is 0.625. The van der Waals surface area contributed by atoms with Crippen LogP contribution >= 0.6 is 0 Å². The van der Waals surface area contributed by atoms with E-state index in [4.69, 9.17) is 12.3 Å². The van der Waals surface area contributed by atoms with Crippen molar-refractivity contribution in [2.45, 2.75) is 45.8 Å². The molecule has 0 aromatic rings. The SMILES string of the molecule is C[Si](C)(O)O[Si](C)(O[Si](C)(C)O)O[Si](C)(C)O. The van der Waals surface area contributed by atoms with Crippen molar-refractivity contribution in [2.75, 3.05) is 0 Å². The summed E-state index contributed by atoms with van der Waals surface area (Å²) in [5.41, 5.74) is 0. The zero-order valence-corrected chi connectivity index (χ0v) is 15.6. The molecular weight excluding hydrogens is 292 g/mol. The maximum atomic E-state index is 9.81. The van der Waals surface area contributed by atoms with Crippen molar-refractivity contribution in [1.29, 1.82) is 0 Å². The molecule has 0 atom stereocenters. The summed E-state index contributed by atoms with van der Waals surface area (Å²) in [6.07, 6.45) is 0. The van der Waals surface area contributed by atoms with Crippen LogP contribution < -0.4 is 0 Å². The van der Waals surface area contributed by atoms with Crippen molar-refractivity contribution >= 4 is 34.5 Å². The predicted molar refractivity (Wildman–Crippen MR) is 74.0 cm³/mol. The molecule has 0 saturated carbocycles. The zero-order chi connectivity index (χ0) is 14.1. The molecular formula is C7H24O6Si4. The highest BCUT2D eigenvalue weighted by atomic mass is 28.5. The topological polar surface area (TPSA) is 88.4 Å². The van der Waals surface area contributed by atoms with Gasteiger partial charge < -0.3 is 26.7 Å². The molecule has 0 aromatic carbocycles. The molecule has 3 N–H and O–H groups in total. The van der Waals surface area contributed by atoms with E-state index in [0.717, 1.165) is 0 Å². The van der Waals surface area contributed by atoms with Gasteiger partial charge in [-0.1, -0.05) is 0 Å². The average Bonchev–Trinajstić information content (AvgIpc) is 1.65. The summed E-state index contributed by atoms with van der Waals surface area (Å²) in [6.45, 7) is 11.1. The zero-order valence-electron chi connectivity index (χ0n) is 11.6. The third-order valence-electron chi connectivity index (χ3n) is 1.31. The monoisotopic (exact) mass is 316 g/mol. The first kappa shape index (κ1) is 17.6. The molecule has 0 spiro atoms. The molecule has 0 bridgehead atoms. The minimum Gasteiger partial charge on any atom is -0.411 e. The molecule has 0 radical (unpaired) electrons. The summed E-state index contributed by atoms with van der Waals surface area (Å²) in [5, 5.41) is 0. The van der Waals surface area contributed by atoms with Crippen LogP contribution in [0.4, 0.5) is 0 Å². The highest BCUT2D eigenvalue weighted by molar-refractivity contribution is 6.85. The number of rotatable bonds is 6. The molecule has 0 aliphatic rings. The van der Waals surface area contributed by atoms with Crippen LogP contribution in [0.15, 0.2) is 0 Å². The van der Waals surface area contributed by atoms with Crippen LogP contribution in [0.1, 0.15) is 0 Å². The van der Waals surface area contributed by atoms with E-state index in [1.54, 1.807) is 45.8 Å². The van der Waals surface area contributed by atoms with Gasteiger partial charge in [0.2, 0.25) is 0 Å². The van der Waals surface area contributed by atoms with Crippen LogP contribution in [-0.2, 0) is 12.3 Å². The first-order chi connectivity index (χ1) is 7.12. The Bertz CT molecular complexity index is 212. The first-order valence-corrected chi connectivity index (χ1v) is 16.2. The standard InChI is InChI=1S/C7H24O6Si4/c1-14(2,8)11-17(7,12-15(3,4)9)13-16(5,6)10/h8-10H,1-7H3. The van der Waals surface area contributed by atoms with Crippen molar-refractivity contribution in [2.24, 2.45) is 0 Å². The molecule has 0 aliphatic carbocycles. The van der Waals surface area contributed by atoms with Gasteiger partial charge in [-0.05, 0) is 39.3 Å². The second-order valence-corrected chi connectivity index (χ2v) is 18.4. The summed E-state index contributed by atoms with van der Waals surface area (Å²) < 4.78 is 16.5. The Labute approximate surface area is 107 Å². The largest absolute Gasteiger partial charge is 0.470 e. The van der Waals surface area contributed by atoms with Gasteiger partial charge in [-0.3, -0.25) is 0 Å². The highest BCUT2D eigenvalue weighted by Crippen LogP contribution is 2.22. The Balaban J connectivity index is 4.95. The number of hydrogen-bond acceptors (Lipinski definition) is 6. The predicted octanol–water partition coefficient (Wildman–Crippen LogP) is 0.687. The Morgan fingerprint density at radius 3 is 0.824 bits per heavy atom. The van der Waals surface area contributed by atoms with Gasteiger partial charge in [0, 0.05) is 6.55 Å². The Kier molecular flexibility index (Phi) is 5.52. The molecule has 0 amide bonds. The second-order valence-electron chi connectivity index (χ2n) is 5.51. The molecule has 0 fully saturated rings. The van der Waals surface area contributed by atoms with Gasteiger partial charge >= 0.3 is 34.5 Å². The van der Waals surface area contributed by atoms with Crippen molar-refractivity contribution < 1.29 is 26.7 Å². The fraction of sp³-hybridized carbons (Fsp3) is 1.00. The lowest BCUT2D eigenvalue weighted by Crippen LogP contribution is -2.60. The minimum atomic E-state index is -3.22. The summed E-state index contributed by atoms with van der Waals surface area (Å²) in [5.74, 6) is 0. The Hall–Kier alpha value is 0.628. The second kappa shape index (κ2) is 5.32. The smallest absolute Gasteiger partial charge is 0.411 e. The van der Waals surface area contributed by atoms with Gasteiger partial charge in [0.25, 0.3) is 0 Å². The minimum absolute atomic E-state index is 1.59. The molecule has 6 nitrogen and oxygen atoms in total. The molecule has 0 heterocycles. The van der Waals surface area contributed by atoms with Crippen LogP contribution in [0.3, 0.4) is 0 Å². The lowest BCUT2D eigenvalue weighted by atomic mass is 11.9. The van der Waals surface area contributed by atoms with E-state index in [1.807, 2.05) is 0 Å². The maximum Gasteiger partial charge on any atom is 0.470 e. The lowest BCUT2D eigenvalue weighted by Gasteiger charge is -2.37. The van der Waals surface area contributed by atoms with E-state index >= 15 is 0 Å². The molecule has 0 unspecified atom stereocenters. The number of hydrogen-bond donors (Lipinski definition) is 3. The van der Waals surface area contributed by atoms with Crippen molar-refractivity contribution in [3.8, 4) is 0 Å². The Morgan fingerprint density at radius 1 is 0.529 bits per heavy atom. The summed E-state index contributed by atoms with van der Waals surface area (Å²) in [7, 11) is -11.8. The van der Waals surface area contributed by atoms with Gasteiger partial charge in [-0.15, -0.1) is 0 Å².